The number of ketones is 1. The molecule has 154 valence electrons. The van der Waals surface area contributed by atoms with Crippen molar-refractivity contribution in [1.82, 2.24) is 0 Å². The minimum atomic E-state index is -0.194. The number of anilines is 1. The van der Waals surface area contributed by atoms with E-state index < -0.39 is 0 Å². The van der Waals surface area contributed by atoms with E-state index in [-0.39, 0.29) is 18.1 Å². The Morgan fingerprint density at radius 3 is 2.53 bits per heavy atom. The SMILES string of the molecule is Cc1ccc(OCCCC(=O)Nc2ccc(Cl)cc2C(=O)c2ccccc2)c(Br)c1. The van der Waals surface area contributed by atoms with E-state index in [0.29, 0.717) is 34.9 Å². The first-order valence-corrected chi connectivity index (χ1v) is 10.7. The Labute approximate surface area is 189 Å². The molecule has 3 aromatic rings. The zero-order chi connectivity index (χ0) is 21.5. The largest absolute Gasteiger partial charge is 0.492 e. The van der Waals surface area contributed by atoms with Crippen molar-refractivity contribution in [3.05, 3.63) is 92.9 Å². The highest BCUT2D eigenvalue weighted by Crippen LogP contribution is 2.26. The number of carbonyl (C=O) groups excluding carboxylic acids is 2. The van der Waals surface area contributed by atoms with E-state index in [1.807, 2.05) is 31.2 Å². The summed E-state index contributed by atoms with van der Waals surface area (Å²) in [6.07, 6.45) is 0.812. The lowest BCUT2D eigenvalue weighted by molar-refractivity contribution is -0.116. The van der Waals surface area contributed by atoms with Gasteiger partial charge in [-0.2, -0.15) is 0 Å². The lowest BCUT2D eigenvalue weighted by atomic mass is 10.0. The Hall–Kier alpha value is -2.63. The predicted molar refractivity (Wildman–Crippen MR) is 124 cm³/mol. The molecule has 0 saturated heterocycles. The van der Waals surface area contributed by atoms with Crippen LogP contribution in [0.4, 0.5) is 5.69 Å². The zero-order valence-corrected chi connectivity index (χ0v) is 18.8. The number of nitrogens with one attached hydrogen (secondary N) is 1. The van der Waals surface area contributed by atoms with Gasteiger partial charge in [0, 0.05) is 22.6 Å². The van der Waals surface area contributed by atoms with Crippen molar-refractivity contribution in [2.24, 2.45) is 0 Å². The Morgan fingerprint density at radius 1 is 1.03 bits per heavy atom. The summed E-state index contributed by atoms with van der Waals surface area (Å²) in [5.41, 5.74) is 2.48. The number of carbonyl (C=O) groups is 2. The van der Waals surface area contributed by atoms with E-state index in [0.717, 1.165) is 15.8 Å². The van der Waals surface area contributed by atoms with Gasteiger partial charge in [-0.25, -0.2) is 0 Å². The first-order chi connectivity index (χ1) is 14.4. The summed E-state index contributed by atoms with van der Waals surface area (Å²) in [6, 6.07) is 19.6. The van der Waals surface area contributed by atoms with E-state index in [2.05, 4.69) is 21.2 Å². The second-order valence-electron chi connectivity index (χ2n) is 6.82. The number of benzene rings is 3. The Balaban J connectivity index is 1.59. The first-order valence-electron chi connectivity index (χ1n) is 9.52. The highest BCUT2D eigenvalue weighted by molar-refractivity contribution is 9.10. The normalized spacial score (nSPS) is 10.5. The summed E-state index contributed by atoms with van der Waals surface area (Å²) in [7, 11) is 0. The maximum Gasteiger partial charge on any atom is 0.224 e. The predicted octanol–water partition coefficient (Wildman–Crippen LogP) is 6.44. The molecule has 4 nitrogen and oxygen atoms in total. The third-order valence-electron chi connectivity index (χ3n) is 4.43. The lowest BCUT2D eigenvalue weighted by Gasteiger charge is -2.12. The maximum absolute atomic E-state index is 12.8. The van der Waals surface area contributed by atoms with Crippen molar-refractivity contribution in [2.75, 3.05) is 11.9 Å². The smallest absolute Gasteiger partial charge is 0.224 e. The van der Waals surface area contributed by atoms with Crippen LogP contribution in [-0.2, 0) is 4.79 Å². The third-order valence-corrected chi connectivity index (χ3v) is 5.28. The van der Waals surface area contributed by atoms with Gasteiger partial charge < -0.3 is 10.1 Å². The second-order valence-corrected chi connectivity index (χ2v) is 8.11. The van der Waals surface area contributed by atoms with Gasteiger partial charge in [-0.15, -0.1) is 0 Å². The maximum atomic E-state index is 12.8. The van der Waals surface area contributed by atoms with E-state index in [1.165, 1.54) is 0 Å². The summed E-state index contributed by atoms with van der Waals surface area (Å²) < 4.78 is 6.62. The molecule has 0 radical (unpaired) electrons. The Kier molecular flexibility index (Phi) is 7.66. The van der Waals surface area contributed by atoms with Gasteiger partial charge in [0.1, 0.15) is 5.75 Å². The molecule has 0 bridgehead atoms. The minimum absolute atomic E-state index is 0.189. The van der Waals surface area contributed by atoms with Gasteiger partial charge in [-0.05, 0) is 65.2 Å². The fourth-order valence-electron chi connectivity index (χ4n) is 2.91. The quantitative estimate of drug-likeness (QED) is 0.294. The number of amides is 1. The zero-order valence-electron chi connectivity index (χ0n) is 16.5. The average molecular weight is 487 g/mol. The Morgan fingerprint density at radius 2 is 1.80 bits per heavy atom. The molecule has 3 rings (SSSR count). The molecule has 0 heterocycles. The van der Waals surface area contributed by atoms with Gasteiger partial charge in [0.15, 0.2) is 5.78 Å². The molecule has 0 atom stereocenters. The van der Waals surface area contributed by atoms with Gasteiger partial charge in [-0.3, -0.25) is 9.59 Å². The molecule has 1 amide bonds. The molecule has 1 N–H and O–H groups in total. The highest BCUT2D eigenvalue weighted by atomic mass is 79.9. The van der Waals surface area contributed by atoms with Crippen LogP contribution in [0.25, 0.3) is 0 Å². The summed E-state index contributed by atoms with van der Waals surface area (Å²) in [4.78, 5) is 25.3. The van der Waals surface area contributed by atoms with E-state index in [1.54, 1.807) is 42.5 Å². The van der Waals surface area contributed by atoms with Crippen LogP contribution < -0.4 is 10.1 Å². The molecule has 0 unspecified atom stereocenters. The number of aryl methyl sites for hydroxylation is 1. The standard InChI is InChI=1S/C24H21BrClNO3/c1-16-9-12-22(20(25)14-16)30-13-5-8-23(28)27-21-11-10-18(26)15-19(21)24(29)17-6-3-2-4-7-17/h2-4,6-7,9-12,14-15H,5,8,13H2,1H3,(H,27,28). The summed E-state index contributed by atoms with van der Waals surface area (Å²) in [5, 5.41) is 3.26. The van der Waals surface area contributed by atoms with Gasteiger partial charge in [0.25, 0.3) is 0 Å². The van der Waals surface area contributed by atoms with Crippen LogP contribution in [0.2, 0.25) is 5.02 Å². The second kappa shape index (κ2) is 10.4. The van der Waals surface area contributed by atoms with Crippen molar-refractivity contribution < 1.29 is 14.3 Å². The fraction of sp³-hybridized carbons (Fsp3) is 0.167. The van der Waals surface area contributed by atoms with Crippen LogP contribution in [0.15, 0.2) is 71.2 Å². The van der Waals surface area contributed by atoms with Crippen LogP contribution in [0.3, 0.4) is 0 Å². The first kappa shape index (κ1) is 22.1. The number of ether oxygens (including phenoxy) is 1. The lowest BCUT2D eigenvalue weighted by Crippen LogP contribution is -2.16. The fourth-order valence-corrected chi connectivity index (χ4v) is 3.69. The van der Waals surface area contributed by atoms with Gasteiger partial charge in [-0.1, -0.05) is 48.0 Å². The van der Waals surface area contributed by atoms with Crippen LogP contribution in [0.5, 0.6) is 5.75 Å². The van der Waals surface area contributed by atoms with E-state index >= 15 is 0 Å². The molecule has 0 aliphatic carbocycles. The van der Waals surface area contributed by atoms with Crippen molar-refractivity contribution in [1.29, 1.82) is 0 Å². The summed E-state index contributed by atoms with van der Waals surface area (Å²) in [5.74, 6) is 0.362. The molecule has 0 aliphatic rings. The molecule has 3 aromatic carbocycles. The average Bonchev–Trinajstić information content (AvgIpc) is 2.74. The van der Waals surface area contributed by atoms with Gasteiger partial charge in [0.05, 0.1) is 16.8 Å². The van der Waals surface area contributed by atoms with Crippen LogP contribution >= 0.6 is 27.5 Å². The van der Waals surface area contributed by atoms with Crippen molar-refractivity contribution >= 4 is 44.9 Å². The van der Waals surface area contributed by atoms with Crippen molar-refractivity contribution in [3.8, 4) is 5.75 Å². The summed E-state index contributed by atoms with van der Waals surface area (Å²) in [6.45, 7) is 2.41. The molecule has 0 aromatic heterocycles. The molecular weight excluding hydrogens is 466 g/mol. The molecule has 30 heavy (non-hydrogen) atoms. The molecule has 6 heteroatoms. The van der Waals surface area contributed by atoms with Crippen LogP contribution in [-0.4, -0.2) is 18.3 Å². The molecular formula is C24H21BrClNO3. The molecule has 0 aliphatic heterocycles. The Bertz CT molecular complexity index is 1050. The van der Waals surface area contributed by atoms with Gasteiger partial charge >= 0.3 is 0 Å². The van der Waals surface area contributed by atoms with Crippen LogP contribution in [0, 0.1) is 6.92 Å². The number of hydrogen-bond acceptors (Lipinski definition) is 3. The van der Waals surface area contributed by atoms with Crippen LogP contribution in [0.1, 0.15) is 34.3 Å². The van der Waals surface area contributed by atoms with Crippen molar-refractivity contribution in [2.45, 2.75) is 19.8 Å². The molecule has 0 saturated carbocycles. The third kappa shape index (κ3) is 5.94. The molecule has 0 spiro atoms. The highest BCUT2D eigenvalue weighted by Gasteiger charge is 2.16. The number of halogens is 2. The van der Waals surface area contributed by atoms with E-state index in [9.17, 15) is 9.59 Å². The number of hydrogen-bond donors (Lipinski definition) is 1. The topological polar surface area (TPSA) is 55.4 Å². The van der Waals surface area contributed by atoms with Crippen molar-refractivity contribution in [3.63, 3.8) is 0 Å². The van der Waals surface area contributed by atoms with Gasteiger partial charge in [0.2, 0.25) is 5.91 Å². The number of rotatable bonds is 8. The monoisotopic (exact) mass is 485 g/mol. The molecule has 0 fully saturated rings. The summed E-state index contributed by atoms with van der Waals surface area (Å²) >= 11 is 9.55. The van der Waals surface area contributed by atoms with E-state index in [4.69, 9.17) is 16.3 Å². The minimum Gasteiger partial charge on any atom is -0.492 e.